The lowest BCUT2D eigenvalue weighted by atomic mass is 9.44. The maximum atomic E-state index is 11.5. The van der Waals surface area contributed by atoms with Crippen LogP contribution < -0.4 is 0 Å². The van der Waals surface area contributed by atoms with E-state index in [4.69, 9.17) is 16.3 Å². The van der Waals surface area contributed by atoms with Crippen molar-refractivity contribution in [2.45, 2.75) is 104 Å². The molecule has 4 heteroatoms. The fourth-order valence-corrected chi connectivity index (χ4v) is 9.20. The first-order chi connectivity index (χ1) is 14.1. The largest absolute Gasteiger partial charge is 0.463 e. The molecule has 30 heavy (non-hydrogen) atoms. The molecule has 0 heterocycles. The summed E-state index contributed by atoms with van der Waals surface area (Å²) in [5, 5.41) is -0.0686. The van der Waals surface area contributed by atoms with Gasteiger partial charge in [-0.1, -0.05) is 20.8 Å². The van der Waals surface area contributed by atoms with Gasteiger partial charge in [-0.15, -0.1) is 0 Å². The SMILES string of the molecule is CC(=O)O[C@@H]1CC[C@@]2(C)[C@H](CC[C@@H]3[C@@H]2CC[C@]2(C)[C@@H]([C@H](C)CCC(=O)[ClH+])CC[C@@H]32)C1. The molecule has 3 nitrogen and oxygen atoms in total. The topological polar surface area (TPSA) is 43.4 Å². The number of hydrogen-bond acceptors (Lipinski definition) is 3. The fourth-order valence-electron chi connectivity index (χ4n) is 9.08. The minimum atomic E-state index is -0.116. The number of carbonyl (C=O) groups excluding carboxylic acids is 2. The zero-order chi connectivity index (χ0) is 21.7. The number of ether oxygens (including phenoxy) is 1. The van der Waals surface area contributed by atoms with Gasteiger partial charge in [0.1, 0.15) is 6.10 Å². The first kappa shape index (κ1) is 22.6. The van der Waals surface area contributed by atoms with Crippen LogP contribution in [0.2, 0.25) is 0 Å². The van der Waals surface area contributed by atoms with Gasteiger partial charge in [-0.25, -0.2) is 4.79 Å². The van der Waals surface area contributed by atoms with E-state index in [9.17, 15) is 9.59 Å². The predicted molar refractivity (Wildman–Crippen MR) is 116 cm³/mol. The minimum Gasteiger partial charge on any atom is -0.463 e. The normalized spacial score (nSPS) is 46.3. The van der Waals surface area contributed by atoms with E-state index in [0.29, 0.717) is 23.2 Å². The lowest BCUT2D eigenvalue weighted by molar-refractivity contribution is -0.306. The third kappa shape index (κ3) is 3.86. The molecule has 0 bridgehead atoms. The molecule has 0 aromatic carbocycles. The number of hydrogen-bond donors (Lipinski definition) is 0. The Bertz CT molecular complexity index is 677. The maximum Gasteiger partial charge on any atom is 0.399 e. The molecule has 4 rings (SSSR count). The summed E-state index contributed by atoms with van der Waals surface area (Å²) in [5.41, 5.74) is 0.878. The minimum absolute atomic E-state index is 0.0686. The Labute approximate surface area is 188 Å². The van der Waals surface area contributed by atoms with Crippen molar-refractivity contribution in [2.75, 3.05) is 0 Å². The van der Waals surface area contributed by atoms with Crippen molar-refractivity contribution < 1.29 is 25.9 Å². The van der Waals surface area contributed by atoms with Gasteiger partial charge in [0.05, 0.1) is 6.42 Å². The lowest BCUT2D eigenvalue weighted by Gasteiger charge is -2.61. The molecule has 4 aliphatic rings. The molecule has 9 atom stereocenters. The van der Waals surface area contributed by atoms with Crippen LogP contribution in [0.4, 0.5) is 0 Å². The fraction of sp³-hybridized carbons (Fsp3) is 0.923. The van der Waals surface area contributed by atoms with Crippen LogP contribution in [0.3, 0.4) is 0 Å². The Morgan fingerprint density at radius 3 is 2.40 bits per heavy atom. The molecule has 4 aliphatic carbocycles. The van der Waals surface area contributed by atoms with Gasteiger partial charge >= 0.3 is 11.2 Å². The Hall–Kier alpha value is -0.570. The third-order valence-electron chi connectivity index (χ3n) is 10.5. The van der Waals surface area contributed by atoms with Gasteiger partial charge in [0.15, 0.2) is 11.6 Å². The Morgan fingerprint density at radius 2 is 1.70 bits per heavy atom. The van der Waals surface area contributed by atoms with Crippen LogP contribution in [-0.2, 0) is 14.3 Å². The standard InChI is InChI=1S/C26H42ClO3/c1-16(5-10-24(27)29)21-8-9-22-20-7-6-18-15-19(30-17(2)28)11-13-25(18,3)23(20)12-14-26(21,22)4/h16,18-23,27H,5-15H2,1-4H3/q+1/t16-,18-,19-,20+,21-,22+,23+,25+,26-/m1/s1. The van der Waals surface area contributed by atoms with Gasteiger partial charge in [-0.05, 0) is 111 Å². The van der Waals surface area contributed by atoms with Gasteiger partial charge in [-0.3, -0.25) is 4.79 Å². The van der Waals surface area contributed by atoms with Crippen molar-refractivity contribution in [1.29, 1.82) is 0 Å². The van der Waals surface area contributed by atoms with Crippen molar-refractivity contribution >= 4 is 11.2 Å². The van der Waals surface area contributed by atoms with E-state index in [1.807, 2.05) is 0 Å². The summed E-state index contributed by atoms with van der Waals surface area (Å²) in [7, 11) is 0. The number of halogens is 1. The number of esters is 1. The molecular formula is C26H42ClO3+. The highest BCUT2D eigenvalue weighted by atomic mass is 35.5. The third-order valence-corrected chi connectivity index (χ3v) is 10.7. The second kappa shape index (κ2) is 8.41. The first-order valence-corrected chi connectivity index (χ1v) is 12.9. The van der Waals surface area contributed by atoms with Crippen molar-refractivity contribution in [3.05, 3.63) is 0 Å². The molecule has 0 aromatic rings. The summed E-state index contributed by atoms with van der Waals surface area (Å²) in [6.07, 6.45) is 13.2. The summed E-state index contributed by atoms with van der Waals surface area (Å²) >= 11 is 4.82. The maximum absolute atomic E-state index is 11.5. The van der Waals surface area contributed by atoms with Crippen LogP contribution in [-0.4, -0.2) is 17.3 Å². The van der Waals surface area contributed by atoms with Crippen molar-refractivity contribution in [1.82, 2.24) is 0 Å². The molecular weight excluding hydrogens is 396 g/mol. The predicted octanol–water partition coefficient (Wildman–Crippen LogP) is 5.80. The first-order valence-electron chi connectivity index (χ1n) is 12.5. The van der Waals surface area contributed by atoms with E-state index >= 15 is 0 Å². The number of fused-ring (bicyclic) bond motifs is 5. The zero-order valence-corrected chi connectivity index (χ0v) is 20.3. The molecule has 0 saturated heterocycles. The summed E-state index contributed by atoms with van der Waals surface area (Å²) in [4.78, 5) is 22.8. The number of rotatable bonds is 5. The molecule has 4 saturated carbocycles. The highest BCUT2D eigenvalue weighted by Crippen LogP contribution is 2.68. The lowest BCUT2D eigenvalue weighted by Crippen LogP contribution is -2.54. The summed E-state index contributed by atoms with van der Waals surface area (Å²) in [5.74, 6) is 4.53. The van der Waals surface area contributed by atoms with E-state index in [1.165, 1.54) is 44.9 Å². The van der Waals surface area contributed by atoms with Crippen LogP contribution in [0.1, 0.15) is 98.3 Å². The highest BCUT2D eigenvalue weighted by Gasteiger charge is 2.60. The van der Waals surface area contributed by atoms with E-state index in [-0.39, 0.29) is 17.3 Å². The molecule has 0 amide bonds. The number of carbonyl (C=O) groups is 2. The second-order valence-electron chi connectivity index (χ2n) is 11.8. The second-order valence-corrected chi connectivity index (χ2v) is 12.2. The van der Waals surface area contributed by atoms with E-state index < -0.39 is 0 Å². The van der Waals surface area contributed by atoms with Crippen LogP contribution in [0.5, 0.6) is 0 Å². The average molecular weight is 438 g/mol. The molecule has 4 fully saturated rings. The quantitative estimate of drug-likeness (QED) is 0.403. The van der Waals surface area contributed by atoms with Gasteiger partial charge in [-0.2, -0.15) is 0 Å². The van der Waals surface area contributed by atoms with Crippen LogP contribution in [0.25, 0.3) is 0 Å². The van der Waals surface area contributed by atoms with Crippen molar-refractivity contribution in [3.63, 3.8) is 0 Å². The summed E-state index contributed by atoms with van der Waals surface area (Å²) in [6, 6.07) is 0. The molecule has 0 unspecified atom stereocenters. The molecule has 0 radical (unpaired) electrons. The smallest absolute Gasteiger partial charge is 0.399 e. The Morgan fingerprint density at radius 1 is 1.00 bits per heavy atom. The summed E-state index contributed by atoms with van der Waals surface area (Å²) < 4.78 is 5.62. The molecule has 0 N–H and O–H groups in total. The zero-order valence-electron chi connectivity index (χ0n) is 19.5. The van der Waals surface area contributed by atoms with Crippen molar-refractivity contribution in [3.8, 4) is 0 Å². The van der Waals surface area contributed by atoms with Crippen LogP contribution in [0, 0.1) is 57.9 Å². The summed E-state index contributed by atoms with van der Waals surface area (Å²) in [6.45, 7) is 9.08. The van der Waals surface area contributed by atoms with Gasteiger partial charge in [0, 0.05) is 6.92 Å². The van der Waals surface area contributed by atoms with Crippen LogP contribution in [0.15, 0.2) is 0 Å². The monoisotopic (exact) mass is 437 g/mol. The van der Waals surface area contributed by atoms with E-state index in [2.05, 4.69) is 20.8 Å². The van der Waals surface area contributed by atoms with E-state index in [0.717, 1.165) is 48.9 Å². The van der Waals surface area contributed by atoms with E-state index in [1.54, 1.807) is 6.92 Å². The molecule has 0 aliphatic heterocycles. The van der Waals surface area contributed by atoms with Gasteiger partial charge < -0.3 is 4.74 Å². The molecule has 0 aromatic heterocycles. The van der Waals surface area contributed by atoms with Gasteiger partial charge in [0.2, 0.25) is 0 Å². The average Bonchev–Trinajstić information content (AvgIpc) is 3.03. The van der Waals surface area contributed by atoms with Crippen molar-refractivity contribution in [2.24, 2.45) is 46.3 Å². The molecule has 170 valence electrons. The Kier molecular flexibility index (Phi) is 6.34. The highest BCUT2D eigenvalue weighted by molar-refractivity contribution is 5.66. The van der Waals surface area contributed by atoms with Gasteiger partial charge in [0.25, 0.3) is 0 Å². The Balaban J connectivity index is 1.47. The molecule has 0 spiro atoms. The van der Waals surface area contributed by atoms with Crippen LogP contribution >= 0.6 is 0 Å².